The second-order valence-electron chi connectivity index (χ2n) is 5.83. The number of aromatic nitrogens is 1. The third-order valence-electron chi connectivity index (χ3n) is 3.91. The fourth-order valence-corrected chi connectivity index (χ4v) is 4.12. The molecule has 1 aromatic heterocycles. The minimum absolute atomic E-state index is 0.0825. The number of nitrogens with zero attached hydrogens (tertiary/aromatic N) is 1. The van der Waals surface area contributed by atoms with Crippen molar-refractivity contribution < 1.29 is 12.9 Å². The minimum atomic E-state index is -3.72. The molecule has 3 aromatic rings. The van der Waals surface area contributed by atoms with Gasteiger partial charge in [0.2, 0.25) is 15.1 Å². The molecule has 0 aliphatic carbocycles. The molecule has 1 heterocycles. The third-order valence-corrected chi connectivity index (χ3v) is 5.87. The van der Waals surface area contributed by atoms with E-state index in [0.29, 0.717) is 0 Å². The Bertz CT molecular complexity index is 966. The summed E-state index contributed by atoms with van der Waals surface area (Å²) in [7, 11) is -3.72. The Balaban J connectivity index is 2.06. The van der Waals surface area contributed by atoms with Gasteiger partial charge in [-0.05, 0) is 24.1 Å². The topological polar surface area (TPSA) is 86.2 Å². The van der Waals surface area contributed by atoms with Crippen LogP contribution in [0.1, 0.15) is 19.8 Å². The summed E-state index contributed by atoms with van der Waals surface area (Å²) in [5.74, 6) is 0.933. The molecule has 0 fully saturated rings. The second-order valence-corrected chi connectivity index (χ2v) is 8.46. The van der Waals surface area contributed by atoms with Crippen molar-refractivity contribution in [3.05, 3.63) is 54.6 Å². The maximum Gasteiger partial charge on any atom is 0.238 e. The molecule has 0 unspecified atom stereocenters. The molecule has 26 heavy (non-hydrogen) atoms. The molecule has 5 nitrogen and oxygen atoms in total. The molecule has 136 valence electrons. The molecular weight excluding hydrogens is 368 g/mol. The van der Waals surface area contributed by atoms with Gasteiger partial charge in [0, 0.05) is 11.3 Å². The van der Waals surface area contributed by atoms with Gasteiger partial charge in [-0.2, -0.15) is 0 Å². The molecule has 0 saturated heterocycles. The highest BCUT2D eigenvalue weighted by Crippen LogP contribution is 2.39. The smallest absolute Gasteiger partial charge is 0.238 e. The zero-order valence-corrected chi connectivity index (χ0v) is 16.0. The number of unbranched alkanes of at least 4 members (excludes halogenated alkanes) is 1. The molecule has 2 N–H and O–H groups in total. The fraction of sp³-hybridized carbons (Fsp3) is 0.211. The van der Waals surface area contributed by atoms with Crippen molar-refractivity contribution in [3.8, 4) is 22.4 Å². The molecule has 0 bridgehead atoms. The van der Waals surface area contributed by atoms with Crippen LogP contribution in [0, 0.1) is 0 Å². The molecule has 0 aliphatic rings. The van der Waals surface area contributed by atoms with E-state index in [2.05, 4.69) is 12.1 Å². The molecule has 3 rings (SSSR count). The van der Waals surface area contributed by atoms with Gasteiger partial charge in [-0.25, -0.2) is 13.6 Å². The average molecular weight is 389 g/mol. The van der Waals surface area contributed by atoms with Crippen LogP contribution >= 0.6 is 11.8 Å². The summed E-state index contributed by atoms with van der Waals surface area (Å²) in [6, 6.07) is 16.3. The highest BCUT2D eigenvalue weighted by Gasteiger charge is 2.20. The van der Waals surface area contributed by atoms with Crippen LogP contribution in [0.25, 0.3) is 22.4 Å². The molecule has 2 aromatic carbocycles. The number of rotatable bonds is 7. The Labute approximate surface area is 157 Å². The molecule has 7 heteroatoms. The van der Waals surface area contributed by atoms with E-state index in [0.717, 1.165) is 46.1 Å². The van der Waals surface area contributed by atoms with E-state index in [1.165, 1.54) is 12.1 Å². The molecule has 0 atom stereocenters. The molecular formula is C19H20N2O3S2. The van der Waals surface area contributed by atoms with Crippen LogP contribution in [0.3, 0.4) is 0 Å². The number of sulfonamides is 1. The number of benzene rings is 2. The normalized spacial score (nSPS) is 11.6. The van der Waals surface area contributed by atoms with E-state index >= 15 is 0 Å². The Morgan fingerprint density at radius 1 is 1.04 bits per heavy atom. The predicted molar refractivity (Wildman–Crippen MR) is 104 cm³/mol. The highest BCUT2D eigenvalue weighted by molar-refractivity contribution is 7.99. The van der Waals surface area contributed by atoms with Crippen molar-refractivity contribution in [3.63, 3.8) is 0 Å². The van der Waals surface area contributed by atoms with E-state index in [9.17, 15) is 8.42 Å². The summed E-state index contributed by atoms with van der Waals surface area (Å²) in [5, 5.41) is 10.2. The minimum Gasteiger partial charge on any atom is -0.349 e. The van der Waals surface area contributed by atoms with Crippen molar-refractivity contribution >= 4 is 21.8 Å². The van der Waals surface area contributed by atoms with Gasteiger partial charge in [-0.15, -0.1) is 0 Å². The Kier molecular flexibility index (Phi) is 5.80. The van der Waals surface area contributed by atoms with Crippen molar-refractivity contribution in [1.82, 2.24) is 5.16 Å². The van der Waals surface area contributed by atoms with Crippen molar-refractivity contribution in [1.29, 1.82) is 0 Å². The molecule has 0 amide bonds. The maximum atomic E-state index is 11.5. The first-order valence-corrected chi connectivity index (χ1v) is 10.8. The lowest BCUT2D eigenvalue weighted by atomic mass is 10.0. The van der Waals surface area contributed by atoms with Crippen molar-refractivity contribution in [2.45, 2.75) is 29.8 Å². The summed E-state index contributed by atoms with van der Waals surface area (Å²) in [4.78, 5) is 0.0825. The fourth-order valence-electron chi connectivity index (χ4n) is 2.54. The molecule has 0 spiro atoms. The standard InChI is InChI=1S/C19H20N2O3S2/c1-2-3-13-25-19-17(14-9-11-16(12-10-14)26(20,22)23)18(21-24-19)15-7-5-4-6-8-15/h4-12H,2-3,13H2,1H3,(H2,20,22,23). The Morgan fingerprint density at radius 3 is 2.35 bits per heavy atom. The first-order chi connectivity index (χ1) is 12.5. The van der Waals surface area contributed by atoms with Gasteiger partial charge in [0.05, 0.1) is 10.5 Å². The first-order valence-electron chi connectivity index (χ1n) is 8.32. The van der Waals surface area contributed by atoms with Gasteiger partial charge < -0.3 is 4.52 Å². The number of primary sulfonamides is 1. The predicted octanol–water partition coefficient (Wildman–Crippen LogP) is 4.55. The van der Waals surface area contributed by atoms with Gasteiger partial charge in [0.25, 0.3) is 0 Å². The summed E-state index contributed by atoms with van der Waals surface area (Å²) in [6.07, 6.45) is 2.18. The SMILES string of the molecule is CCCCSc1onc(-c2ccccc2)c1-c1ccc(S(N)(=O)=O)cc1. The number of hydrogen-bond acceptors (Lipinski definition) is 5. The third kappa shape index (κ3) is 4.17. The summed E-state index contributed by atoms with van der Waals surface area (Å²) < 4.78 is 28.6. The van der Waals surface area contributed by atoms with E-state index in [1.807, 2.05) is 30.3 Å². The Morgan fingerprint density at radius 2 is 1.73 bits per heavy atom. The van der Waals surface area contributed by atoms with Gasteiger partial charge in [-0.3, -0.25) is 0 Å². The highest BCUT2D eigenvalue weighted by atomic mass is 32.2. The van der Waals surface area contributed by atoms with Crippen LogP contribution in [-0.4, -0.2) is 19.3 Å². The van der Waals surface area contributed by atoms with E-state index in [1.54, 1.807) is 23.9 Å². The van der Waals surface area contributed by atoms with Crippen LogP contribution in [0.15, 0.2) is 69.1 Å². The van der Waals surface area contributed by atoms with Gasteiger partial charge in [0.15, 0.2) is 0 Å². The number of hydrogen-bond donors (Lipinski definition) is 1. The zero-order chi connectivity index (χ0) is 18.6. The summed E-state index contributed by atoms with van der Waals surface area (Å²) in [6.45, 7) is 2.14. The Hall–Kier alpha value is -2.09. The van der Waals surface area contributed by atoms with E-state index in [4.69, 9.17) is 9.66 Å². The largest absolute Gasteiger partial charge is 0.349 e. The monoisotopic (exact) mass is 388 g/mol. The summed E-state index contributed by atoms with van der Waals surface area (Å²) >= 11 is 1.62. The first kappa shape index (κ1) is 18.7. The van der Waals surface area contributed by atoms with Crippen LogP contribution < -0.4 is 5.14 Å². The van der Waals surface area contributed by atoms with E-state index in [-0.39, 0.29) is 4.90 Å². The van der Waals surface area contributed by atoms with Crippen LogP contribution in [0.4, 0.5) is 0 Å². The lowest BCUT2D eigenvalue weighted by Gasteiger charge is -2.06. The van der Waals surface area contributed by atoms with Gasteiger partial charge in [-0.1, -0.05) is 72.7 Å². The quantitative estimate of drug-likeness (QED) is 0.474. The summed E-state index contributed by atoms with van der Waals surface area (Å²) in [5.41, 5.74) is 3.41. The average Bonchev–Trinajstić information content (AvgIpc) is 3.06. The molecule has 0 aliphatic heterocycles. The van der Waals surface area contributed by atoms with Crippen LogP contribution in [-0.2, 0) is 10.0 Å². The van der Waals surface area contributed by atoms with Gasteiger partial charge in [0.1, 0.15) is 5.69 Å². The van der Waals surface area contributed by atoms with E-state index < -0.39 is 10.0 Å². The lowest BCUT2D eigenvalue weighted by molar-refractivity contribution is 0.352. The molecule has 0 radical (unpaired) electrons. The number of thioether (sulfide) groups is 1. The lowest BCUT2D eigenvalue weighted by Crippen LogP contribution is -2.11. The molecule has 0 saturated carbocycles. The van der Waals surface area contributed by atoms with Gasteiger partial charge >= 0.3 is 0 Å². The maximum absolute atomic E-state index is 11.5. The zero-order valence-electron chi connectivity index (χ0n) is 14.4. The van der Waals surface area contributed by atoms with Crippen molar-refractivity contribution in [2.75, 3.05) is 5.75 Å². The number of nitrogens with two attached hydrogens (primary N) is 1. The second kappa shape index (κ2) is 8.07. The van der Waals surface area contributed by atoms with Crippen molar-refractivity contribution in [2.24, 2.45) is 5.14 Å². The van der Waals surface area contributed by atoms with Crippen LogP contribution in [0.5, 0.6) is 0 Å². The van der Waals surface area contributed by atoms with Crippen LogP contribution in [0.2, 0.25) is 0 Å².